The second-order valence-corrected chi connectivity index (χ2v) is 9.08. The van der Waals surface area contributed by atoms with Crippen molar-refractivity contribution in [1.29, 1.82) is 5.26 Å². The average molecular weight is 467 g/mol. The molecule has 0 unspecified atom stereocenters. The fourth-order valence-corrected chi connectivity index (χ4v) is 4.38. The standard InChI is InChI=1S/C22H22N6O4S/c23-13-16(22-25-27-28-26-22)14-24-19-11-10-17(33(29,30)31)12-21(19)32-20-9-5-4-8-18(20)15-6-2-1-3-7-15/h4-5,8-12,14-15,24H,1-3,6-7H2,(H,29,30,31)(H,25,26,27,28). The molecule has 4 rings (SSSR count). The average Bonchev–Trinajstić information content (AvgIpc) is 3.35. The van der Waals surface area contributed by atoms with Crippen LogP contribution in [-0.4, -0.2) is 33.6 Å². The number of benzene rings is 2. The molecule has 1 saturated carbocycles. The third-order valence-corrected chi connectivity index (χ3v) is 6.36. The maximum atomic E-state index is 11.7. The number of allylic oxidation sites excluding steroid dienone is 1. The number of hydrogen-bond acceptors (Lipinski definition) is 8. The Morgan fingerprint density at radius 2 is 1.97 bits per heavy atom. The van der Waals surface area contributed by atoms with Crippen molar-refractivity contribution >= 4 is 21.4 Å². The summed E-state index contributed by atoms with van der Waals surface area (Å²) >= 11 is 0. The number of rotatable bonds is 7. The summed E-state index contributed by atoms with van der Waals surface area (Å²) < 4.78 is 39.2. The fourth-order valence-electron chi connectivity index (χ4n) is 3.88. The zero-order chi connectivity index (χ0) is 23.3. The summed E-state index contributed by atoms with van der Waals surface area (Å²) in [5.74, 6) is 1.25. The largest absolute Gasteiger partial charge is 0.455 e. The van der Waals surface area contributed by atoms with Gasteiger partial charge in [-0.05, 0) is 47.7 Å². The lowest BCUT2D eigenvalue weighted by Crippen LogP contribution is -2.06. The molecule has 1 fully saturated rings. The summed E-state index contributed by atoms with van der Waals surface area (Å²) in [7, 11) is -4.44. The van der Waals surface area contributed by atoms with Crippen LogP contribution >= 0.6 is 0 Å². The van der Waals surface area contributed by atoms with E-state index in [1.807, 2.05) is 30.3 Å². The molecule has 2 aromatic carbocycles. The van der Waals surface area contributed by atoms with E-state index >= 15 is 0 Å². The molecule has 1 aliphatic carbocycles. The fraction of sp³-hybridized carbons (Fsp3) is 0.273. The molecule has 11 heteroatoms. The van der Waals surface area contributed by atoms with Crippen molar-refractivity contribution in [3.05, 3.63) is 60.1 Å². The van der Waals surface area contributed by atoms with Crippen molar-refractivity contribution in [2.24, 2.45) is 0 Å². The third kappa shape index (κ3) is 5.36. The molecule has 3 N–H and O–H groups in total. The van der Waals surface area contributed by atoms with E-state index < -0.39 is 10.1 Å². The number of H-pyrrole nitrogens is 1. The molecular formula is C22H22N6O4S. The maximum Gasteiger partial charge on any atom is 0.294 e. The molecule has 0 radical (unpaired) electrons. The van der Waals surface area contributed by atoms with E-state index in [4.69, 9.17) is 4.74 Å². The summed E-state index contributed by atoms with van der Waals surface area (Å²) in [6, 6.07) is 13.6. The number of tetrazole rings is 1. The molecule has 1 heterocycles. The monoisotopic (exact) mass is 466 g/mol. The molecule has 0 aliphatic heterocycles. The van der Waals surface area contributed by atoms with E-state index in [9.17, 15) is 18.2 Å². The van der Waals surface area contributed by atoms with E-state index in [0.717, 1.165) is 31.2 Å². The molecule has 1 aliphatic rings. The first-order chi connectivity index (χ1) is 16.0. The molecule has 0 amide bonds. The van der Waals surface area contributed by atoms with Crippen molar-refractivity contribution in [1.82, 2.24) is 20.6 Å². The van der Waals surface area contributed by atoms with E-state index in [-0.39, 0.29) is 22.0 Å². The number of nitrogens with zero attached hydrogens (tertiary/aromatic N) is 4. The summed E-state index contributed by atoms with van der Waals surface area (Å²) in [4.78, 5) is -0.305. The van der Waals surface area contributed by atoms with Gasteiger partial charge in [-0.2, -0.15) is 18.9 Å². The Balaban J connectivity index is 1.70. The minimum absolute atomic E-state index is 0.102. The van der Waals surface area contributed by atoms with Gasteiger partial charge in [0.25, 0.3) is 10.1 Å². The van der Waals surface area contributed by atoms with Gasteiger partial charge in [-0.3, -0.25) is 4.55 Å². The summed E-state index contributed by atoms with van der Waals surface area (Å²) in [6.45, 7) is 0. The Bertz CT molecular complexity index is 1290. The van der Waals surface area contributed by atoms with Crippen molar-refractivity contribution < 1.29 is 17.7 Å². The number of nitrogens with one attached hydrogen (secondary N) is 2. The first-order valence-electron chi connectivity index (χ1n) is 10.4. The zero-order valence-corrected chi connectivity index (χ0v) is 18.4. The molecule has 0 saturated heterocycles. The van der Waals surface area contributed by atoms with Crippen LogP contribution in [-0.2, 0) is 10.1 Å². The summed E-state index contributed by atoms with van der Waals surface area (Å²) in [6.07, 6.45) is 7.03. The van der Waals surface area contributed by atoms with Crippen LogP contribution in [0.25, 0.3) is 5.57 Å². The van der Waals surface area contributed by atoms with Gasteiger partial charge in [0, 0.05) is 12.3 Å². The van der Waals surface area contributed by atoms with Gasteiger partial charge in [-0.15, -0.1) is 10.2 Å². The SMILES string of the molecule is N#CC(=CNc1ccc(S(=O)(=O)O)cc1Oc1ccccc1C1CCCCC1)c1nn[nH]n1. The Hall–Kier alpha value is -3.75. The molecule has 0 bridgehead atoms. The summed E-state index contributed by atoms with van der Waals surface area (Å²) in [5, 5.41) is 25.6. The predicted octanol–water partition coefficient (Wildman–Crippen LogP) is 4.26. The highest BCUT2D eigenvalue weighted by atomic mass is 32.2. The number of aromatic nitrogens is 4. The van der Waals surface area contributed by atoms with Crippen molar-refractivity contribution in [2.45, 2.75) is 42.9 Å². The van der Waals surface area contributed by atoms with Crippen LogP contribution in [0.3, 0.4) is 0 Å². The van der Waals surface area contributed by atoms with Crippen molar-refractivity contribution in [3.63, 3.8) is 0 Å². The quantitative estimate of drug-likeness (QED) is 0.342. The van der Waals surface area contributed by atoms with Gasteiger partial charge in [-0.1, -0.05) is 37.5 Å². The summed E-state index contributed by atoms with van der Waals surface area (Å²) in [5.41, 5.74) is 1.55. The molecule has 1 aromatic heterocycles. The number of hydrogen-bond donors (Lipinski definition) is 3. The Morgan fingerprint density at radius 1 is 1.18 bits per heavy atom. The van der Waals surface area contributed by atoms with E-state index in [1.165, 1.54) is 30.8 Å². The first kappa shape index (κ1) is 22.4. The second kappa shape index (κ2) is 9.81. The number of anilines is 1. The van der Waals surface area contributed by atoms with Crippen LogP contribution in [0, 0.1) is 11.3 Å². The normalized spacial score (nSPS) is 15.1. The second-order valence-electron chi connectivity index (χ2n) is 7.66. The van der Waals surface area contributed by atoms with Crippen LogP contribution in [0.15, 0.2) is 53.6 Å². The van der Waals surface area contributed by atoms with Gasteiger partial charge in [0.1, 0.15) is 17.4 Å². The minimum Gasteiger partial charge on any atom is -0.455 e. The molecule has 170 valence electrons. The lowest BCUT2D eigenvalue weighted by molar-refractivity contribution is 0.419. The molecule has 3 aromatic rings. The Labute approximate surface area is 191 Å². The highest BCUT2D eigenvalue weighted by Crippen LogP contribution is 2.40. The van der Waals surface area contributed by atoms with Crippen molar-refractivity contribution in [2.75, 3.05) is 5.32 Å². The predicted molar refractivity (Wildman–Crippen MR) is 120 cm³/mol. The van der Waals surface area contributed by atoms with E-state index in [1.54, 1.807) is 0 Å². The number of aromatic amines is 1. The van der Waals surface area contributed by atoms with Crippen LogP contribution in [0.5, 0.6) is 11.5 Å². The van der Waals surface area contributed by atoms with Crippen LogP contribution in [0.2, 0.25) is 0 Å². The van der Waals surface area contributed by atoms with Gasteiger partial charge in [0.05, 0.1) is 10.6 Å². The van der Waals surface area contributed by atoms with Crippen LogP contribution in [0.1, 0.15) is 49.4 Å². The van der Waals surface area contributed by atoms with Gasteiger partial charge in [-0.25, -0.2) is 0 Å². The molecule has 0 atom stereocenters. The van der Waals surface area contributed by atoms with Crippen molar-refractivity contribution in [3.8, 4) is 17.6 Å². The van der Waals surface area contributed by atoms with E-state index in [0.29, 0.717) is 17.4 Å². The number of para-hydroxylation sites is 1. The van der Waals surface area contributed by atoms with Gasteiger partial charge >= 0.3 is 0 Å². The highest BCUT2D eigenvalue weighted by molar-refractivity contribution is 7.85. The first-order valence-corrected chi connectivity index (χ1v) is 11.9. The smallest absolute Gasteiger partial charge is 0.294 e. The molecule has 10 nitrogen and oxygen atoms in total. The van der Waals surface area contributed by atoms with Gasteiger partial charge in [0.15, 0.2) is 5.75 Å². The lowest BCUT2D eigenvalue weighted by Gasteiger charge is -2.24. The zero-order valence-electron chi connectivity index (χ0n) is 17.6. The Kier molecular flexibility index (Phi) is 6.67. The maximum absolute atomic E-state index is 11.7. The Morgan fingerprint density at radius 3 is 2.67 bits per heavy atom. The number of ether oxygens (including phenoxy) is 1. The topological polar surface area (TPSA) is 154 Å². The third-order valence-electron chi connectivity index (χ3n) is 5.51. The van der Waals surface area contributed by atoms with Crippen LogP contribution in [0.4, 0.5) is 5.69 Å². The van der Waals surface area contributed by atoms with Gasteiger partial charge < -0.3 is 10.1 Å². The lowest BCUT2D eigenvalue weighted by atomic mass is 9.84. The molecule has 33 heavy (non-hydrogen) atoms. The highest BCUT2D eigenvalue weighted by Gasteiger charge is 2.21. The molecular weight excluding hydrogens is 444 g/mol. The molecule has 0 spiro atoms. The number of nitriles is 1. The van der Waals surface area contributed by atoms with Gasteiger partial charge in [0.2, 0.25) is 5.82 Å². The van der Waals surface area contributed by atoms with Crippen LogP contribution < -0.4 is 10.1 Å². The minimum atomic E-state index is -4.44. The van der Waals surface area contributed by atoms with E-state index in [2.05, 4.69) is 25.9 Å².